The number of amides is 1. The van der Waals surface area contributed by atoms with E-state index in [2.05, 4.69) is 10.2 Å². The summed E-state index contributed by atoms with van der Waals surface area (Å²) in [4.78, 5) is 26.8. The van der Waals surface area contributed by atoms with Crippen LogP contribution in [0.15, 0.2) is 45.9 Å². The number of benzene rings is 1. The number of aryl methyl sites for hydroxylation is 1. The fourth-order valence-electron chi connectivity index (χ4n) is 3.85. The van der Waals surface area contributed by atoms with Gasteiger partial charge >= 0.3 is 5.69 Å². The molecule has 0 atom stereocenters. The van der Waals surface area contributed by atoms with Gasteiger partial charge in [0.1, 0.15) is 5.82 Å². The van der Waals surface area contributed by atoms with Gasteiger partial charge in [-0.15, -0.1) is 0 Å². The number of para-hydroxylation sites is 1. The van der Waals surface area contributed by atoms with Crippen molar-refractivity contribution in [3.05, 3.63) is 68.5 Å². The van der Waals surface area contributed by atoms with Crippen LogP contribution in [0.3, 0.4) is 0 Å². The molecule has 4 rings (SSSR count). The molecule has 3 aromatic rings. The average Bonchev–Trinajstić information content (AvgIpc) is 3.33. The van der Waals surface area contributed by atoms with Gasteiger partial charge in [-0.2, -0.15) is 16.4 Å². The van der Waals surface area contributed by atoms with Crippen LogP contribution in [-0.4, -0.2) is 38.7 Å². The van der Waals surface area contributed by atoms with Gasteiger partial charge in [-0.1, -0.05) is 18.2 Å². The van der Waals surface area contributed by atoms with E-state index in [1.165, 1.54) is 0 Å². The highest BCUT2D eigenvalue weighted by molar-refractivity contribution is 7.08. The molecule has 1 amide bonds. The summed E-state index contributed by atoms with van der Waals surface area (Å²) in [6.07, 6.45) is 3.09. The van der Waals surface area contributed by atoms with E-state index in [1.807, 2.05) is 52.9 Å². The number of aromatic nitrogens is 3. The molecule has 0 unspecified atom stereocenters. The van der Waals surface area contributed by atoms with Crippen molar-refractivity contribution in [3.63, 3.8) is 0 Å². The number of piperidine rings is 1. The molecule has 7 heteroatoms. The first-order valence-electron chi connectivity index (χ1n) is 9.63. The van der Waals surface area contributed by atoms with Crippen LogP contribution in [0.4, 0.5) is 0 Å². The predicted octanol–water partition coefficient (Wildman–Crippen LogP) is 2.95. The van der Waals surface area contributed by atoms with E-state index in [1.54, 1.807) is 15.9 Å². The lowest BCUT2D eigenvalue weighted by Gasteiger charge is -2.32. The van der Waals surface area contributed by atoms with Crippen LogP contribution in [-0.2, 0) is 17.6 Å². The molecular weight excluding hydrogens is 372 g/mol. The molecule has 0 radical (unpaired) electrons. The number of hydrogen-bond acceptors (Lipinski definition) is 4. The topological polar surface area (TPSA) is 71.0 Å². The number of aromatic amines is 1. The van der Waals surface area contributed by atoms with Crippen LogP contribution in [0, 0.1) is 12.8 Å². The Morgan fingerprint density at radius 2 is 2.04 bits per heavy atom. The minimum Gasteiger partial charge on any atom is -0.342 e. The van der Waals surface area contributed by atoms with Crippen molar-refractivity contribution in [2.45, 2.75) is 32.6 Å². The molecule has 2 aromatic heterocycles. The minimum atomic E-state index is -0.201. The molecule has 28 heavy (non-hydrogen) atoms. The zero-order valence-electron chi connectivity index (χ0n) is 15.9. The van der Waals surface area contributed by atoms with Crippen LogP contribution < -0.4 is 5.69 Å². The van der Waals surface area contributed by atoms with Crippen LogP contribution in [0.1, 0.15) is 29.8 Å². The number of carbonyl (C=O) groups is 1. The van der Waals surface area contributed by atoms with E-state index in [4.69, 9.17) is 0 Å². The second kappa shape index (κ2) is 8.14. The number of rotatable bonds is 5. The number of nitrogens with zero attached hydrogens (tertiary/aromatic N) is 3. The van der Waals surface area contributed by atoms with E-state index in [9.17, 15) is 9.59 Å². The predicted molar refractivity (Wildman–Crippen MR) is 110 cm³/mol. The summed E-state index contributed by atoms with van der Waals surface area (Å²) in [5.74, 6) is 1.39. The molecule has 0 spiro atoms. The molecule has 3 heterocycles. The molecule has 6 nitrogen and oxygen atoms in total. The van der Waals surface area contributed by atoms with Gasteiger partial charge in [0.25, 0.3) is 0 Å². The van der Waals surface area contributed by atoms with Gasteiger partial charge in [-0.05, 0) is 59.7 Å². The highest BCUT2D eigenvalue weighted by Crippen LogP contribution is 2.23. The molecule has 1 fully saturated rings. The van der Waals surface area contributed by atoms with Gasteiger partial charge in [0.15, 0.2) is 0 Å². The standard InChI is InChI=1S/C21H24N4O2S/c1-15-4-2-3-5-18(15)25-19(22-23-21(25)27)12-16-6-9-24(10-7-16)20(26)13-17-8-11-28-14-17/h2-5,8,11,14,16H,6-7,9-10,12-13H2,1H3,(H,23,27). The first kappa shape index (κ1) is 18.7. The Morgan fingerprint density at radius 1 is 1.25 bits per heavy atom. The lowest BCUT2D eigenvalue weighted by Crippen LogP contribution is -2.39. The zero-order chi connectivity index (χ0) is 19.5. The second-order valence-corrected chi connectivity index (χ2v) is 8.18. The van der Waals surface area contributed by atoms with Crippen molar-refractivity contribution in [1.82, 2.24) is 19.7 Å². The Labute approximate surface area is 167 Å². The first-order chi connectivity index (χ1) is 13.6. The van der Waals surface area contributed by atoms with Gasteiger partial charge in [0.05, 0.1) is 12.1 Å². The molecule has 0 bridgehead atoms. The monoisotopic (exact) mass is 396 g/mol. The number of carbonyl (C=O) groups excluding carboxylic acids is 1. The van der Waals surface area contributed by atoms with Crippen molar-refractivity contribution in [3.8, 4) is 5.69 Å². The number of H-pyrrole nitrogens is 1. The largest absolute Gasteiger partial charge is 0.347 e. The lowest BCUT2D eigenvalue weighted by molar-refractivity contribution is -0.131. The third-order valence-corrected chi connectivity index (χ3v) is 6.20. The molecule has 146 valence electrons. The Kier molecular flexibility index (Phi) is 5.43. The van der Waals surface area contributed by atoms with Gasteiger partial charge < -0.3 is 4.90 Å². The number of likely N-dealkylation sites (tertiary alicyclic amines) is 1. The maximum absolute atomic E-state index is 12.5. The summed E-state index contributed by atoms with van der Waals surface area (Å²) >= 11 is 1.62. The highest BCUT2D eigenvalue weighted by Gasteiger charge is 2.25. The molecule has 1 aliphatic rings. The summed E-state index contributed by atoms with van der Waals surface area (Å²) in [5.41, 5.74) is 2.81. The quantitative estimate of drug-likeness (QED) is 0.721. The van der Waals surface area contributed by atoms with E-state index in [-0.39, 0.29) is 11.6 Å². The molecule has 0 aliphatic carbocycles. The molecular formula is C21H24N4O2S. The molecule has 1 saturated heterocycles. The molecule has 1 aliphatic heterocycles. The third-order valence-electron chi connectivity index (χ3n) is 5.47. The van der Waals surface area contributed by atoms with Crippen LogP contribution in [0.5, 0.6) is 0 Å². The lowest BCUT2D eigenvalue weighted by atomic mass is 9.93. The van der Waals surface area contributed by atoms with Crippen molar-refractivity contribution >= 4 is 17.2 Å². The van der Waals surface area contributed by atoms with Crippen molar-refractivity contribution < 1.29 is 4.79 Å². The van der Waals surface area contributed by atoms with Crippen LogP contribution >= 0.6 is 11.3 Å². The normalized spacial score (nSPS) is 15.1. The minimum absolute atomic E-state index is 0.201. The fraction of sp³-hybridized carbons (Fsp3) is 0.381. The van der Waals surface area contributed by atoms with Crippen LogP contribution in [0.2, 0.25) is 0 Å². The second-order valence-electron chi connectivity index (χ2n) is 7.40. The van der Waals surface area contributed by atoms with Crippen molar-refractivity contribution in [2.24, 2.45) is 5.92 Å². The maximum Gasteiger partial charge on any atom is 0.347 e. The highest BCUT2D eigenvalue weighted by atomic mass is 32.1. The summed E-state index contributed by atoms with van der Waals surface area (Å²) in [5, 5.41) is 10.9. The summed E-state index contributed by atoms with van der Waals surface area (Å²) in [7, 11) is 0. The Morgan fingerprint density at radius 3 is 2.75 bits per heavy atom. The van der Waals surface area contributed by atoms with Gasteiger partial charge in [-0.3, -0.25) is 4.79 Å². The fourth-order valence-corrected chi connectivity index (χ4v) is 4.52. The third kappa shape index (κ3) is 3.94. The Bertz CT molecular complexity index is 998. The van der Waals surface area contributed by atoms with Gasteiger partial charge in [0.2, 0.25) is 5.91 Å². The van der Waals surface area contributed by atoms with Crippen LogP contribution in [0.25, 0.3) is 5.69 Å². The van der Waals surface area contributed by atoms with E-state index in [0.29, 0.717) is 12.3 Å². The first-order valence-corrected chi connectivity index (χ1v) is 10.6. The van der Waals surface area contributed by atoms with E-state index >= 15 is 0 Å². The SMILES string of the molecule is Cc1ccccc1-n1c(CC2CCN(C(=O)Cc3ccsc3)CC2)n[nH]c1=O. The van der Waals surface area contributed by atoms with Crippen molar-refractivity contribution in [2.75, 3.05) is 13.1 Å². The van der Waals surface area contributed by atoms with Gasteiger partial charge in [-0.25, -0.2) is 14.5 Å². The summed E-state index contributed by atoms with van der Waals surface area (Å²) in [6, 6.07) is 9.85. The molecule has 0 saturated carbocycles. The summed E-state index contributed by atoms with van der Waals surface area (Å²) < 4.78 is 1.68. The Balaban J connectivity index is 1.40. The van der Waals surface area contributed by atoms with Gasteiger partial charge in [0, 0.05) is 19.5 Å². The average molecular weight is 397 g/mol. The summed E-state index contributed by atoms with van der Waals surface area (Å²) in [6.45, 7) is 3.54. The number of thiophene rings is 1. The smallest absolute Gasteiger partial charge is 0.342 e. The Hall–Kier alpha value is -2.67. The number of nitrogens with one attached hydrogen (secondary N) is 1. The molecule has 1 N–H and O–H groups in total. The number of hydrogen-bond donors (Lipinski definition) is 1. The molecule has 1 aromatic carbocycles. The van der Waals surface area contributed by atoms with E-state index in [0.717, 1.165) is 55.0 Å². The zero-order valence-corrected chi connectivity index (χ0v) is 16.7. The van der Waals surface area contributed by atoms with E-state index < -0.39 is 0 Å². The van der Waals surface area contributed by atoms with Crippen molar-refractivity contribution in [1.29, 1.82) is 0 Å². The maximum atomic E-state index is 12.5.